The minimum atomic E-state index is -0.794. The van der Waals surface area contributed by atoms with Gasteiger partial charge in [0.25, 0.3) is 11.8 Å². The van der Waals surface area contributed by atoms with Gasteiger partial charge in [0.2, 0.25) is 5.76 Å². The molecular formula is C21H24ClN3O4. The van der Waals surface area contributed by atoms with Gasteiger partial charge in [-0.1, -0.05) is 11.6 Å². The van der Waals surface area contributed by atoms with Crippen molar-refractivity contribution in [2.75, 3.05) is 5.32 Å². The predicted octanol–water partition coefficient (Wildman–Crippen LogP) is 4.65. The lowest BCUT2D eigenvalue weighted by Gasteiger charge is -2.29. The Kier molecular flexibility index (Phi) is 6.00. The summed E-state index contributed by atoms with van der Waals surface area (Å²) in [5.41, 5.74) is 5.95. The van der Waals surface area contributed by atoms with Crippen molar-refractivity contribution < 1.29 is 18.4 Å². The van der Waals surface area contributed by atoms with Crippen molar-refractivity contribution in [3.63, 3.8) is 0 Å². The fourth-order valence-corrected chi connectivity index (χ4v) is 3.43. The van der Waals surface area contributed by atoms with Gasteiger partial charge >= 0.3 is 0 Å². The standard InChI is InChI=1S/C21H24ClN3O4/c1-11(2)25(12(3)4)10-14-6-8-16(28-14)21(27)24-18-15-7-5-13(22)9-17(15)29-19(18)20(23)26/h5-9,11-12H,10H2,1-4H3,(H2,23,26)(H,24,27). The first-order chi connectivity index (χ1) is 13.7. The number of fused-ring (bicyclic) bond motifs is 1. The van der Waals surface area contributed by atoms with E-state index in [9.17, 15) is 9.59 Å². The van der Waals surface area contributed by atoms with Crippen molar-refractivity contribution in [1.29, 1.82) is 0 Å². The number of furan rings is 2. The topological polar surface area (TPSA) is 102 Å². The fraction of sp³-hybridized carbons (Fsp3) is 0.333. The van der Waals surface area contributed by atoms with Gasteiger partial charge in [0, 0.05) is 28.6 Å². The highest BCUT2D eigenvalue weighted by Gasteiger charge is 2.23. The van der Waals surface area contributed by atoms with Crippen LogP contribution in [0.4, 0.5) is 5.69 Å². The molecule has 0 aliphatic heterocycles. The molecule has 3 rings (SSSR count). The Balaban J connectivity index is 1.85. The highest BCUT2D eigenvalue weighted by Crippen LogP contribution is 2.33. The molecule has 0 saturated carbocycles. The molecule has 2 aromatic heterocycles. The number of carbonyl (C=O) groups is 2. The smallest absolute Gasteiger partial charge is 0.291 e. The van der Waals surface area contributed by atoms with Crippen LogP contribution in [0.2, 0.25) is 5.02 Å². The lowest BCUT2D eigenvalue weighted by Crippen LogP contribution is -2.36. The van der Waals surface area contributed by atoms with Crippen LogP contribution >= 0.6 is 11.6 Å². The number of nitrogens with two attached hydrogens (primary N) is 1. The number of rotatable bonds is 7. The summed E-state index contributed by atoms with van der Waals surface area (Å²) in [7, 11) is 0. The quantitative estimate of drug-likeness (QED) is 0.582. The van der Waals surface area contributed by atoms with Crippen molar-refractivity contribution in [2.24, 2.45) is 5.73 Å². The Morgan fingerprint density at radius 3 is 2.41 bits per heavy atom. The van der Waals surface area contributed by atoms with Crippen molar-refractivity contribution in [3.05, 3.63) is 52.6 Å². The van der Waals surface area contributed by atoms with Gasteiger partial charge < -0.3 is 19.9 Å². The second kappa shape index (κ2) is 8.31. The third-order valence-corrected chi connectivity index (χ3v) is 4.90. The van der Waals surface area contributed by atoms with Crippen LogP contribution in [0.15, 0.2) is 39.2 Å². The summed E-state index contributed by atoms with van der Waals surface area (Å²) in [6, 6.07) is 8.88. The number of amides is 2. The molecule has 154 valence electrons. The molecule has 0 radical (unpaired) electrons. The number of anilines is 1. The molecule has 3 aromatic rings. The molecule has 0 saturated heterocycles. The Morgan fingerprint density at radius 1 is 1.10 bits per heavy atom. The Labute approximate surface area is 173 Å². The number of benzene rings is 1. The van der Waals surface area contributed by atoms with Crippen LogP contribution in [0.3, 0.4) is 0 Å². The molecule has 3 N–H and O–H groups in total. The summed E-state index contributed by atoms with van der Waals surface area (Å²) < 4.78 is 11.2. The summed E-state index contributed by atoms with van der Waals surface area (Å²) >= 11 is 5.97. The van der Waals surface area contributed by atoms with Gasteiger partial charge in [0.1, 0.15) is 17.0 Å². The fourth-order valence-electron chi connectivity index (χ4n) is 3.27. The van der Waals surface area contributed by atoms with Crippen LogP contribution in [-0.2, 0) is 6.54 Å². The van der Waals surface area contributed by atoms with E-state index in [1.807, 2.05) is 0 Å². The normalized spacial score (nSPS) is 11.7. The van der Waals surface area contributed by atoms with Crippen LogP contribution < -0.4 is 11.1 Å². The summed E-state index contributed by atoms with van der Waals surface area (Å²) in [5, 5.41) is 3.64. The zero-order valence-electron chi connectivity index (χ0n) is 16.8. The van der Waals surface area contributed by atoms with Crippen LogP contribution in [0.5, 0.6) is 0 Å². The van der Waals surface area contributed by atoms with Gasteiger partial charge in [0.05, 0.1) is 6.54 Å². The molecule has 29 heavy (non-hydrogen) atoms. The van der Waals surface area contributed by atoms with E-state index in [-0.39, 0.29) is 17.2 Å². The molecule has 0 unspecified atom stereocenters. The number of halogens is 1. The van der Waals surface area contributed by atoms with E-state index in [2.05, 4.69) is 37.9 Å². The van der Waals surface area contributed by atoms with E-state index in [1.54, 1.807) is 30.3 Å². The van der Waals surface area contributed by atoms with Crippen LogP contribution in [0.1, 0.15) is 54.6 Å². The maximum atomic E-state index is 12.7. The SMILES string of the molecule is CC(C)N(Cc1ccc(C(=O)Nc2c(C(N)=O)oc3cc(Cl)ccc23)o1)C(C)C. The van der Waals surface area contributed by atoms with E-state index in [4.69, 9.17) is 26.2 Å². The molecule has 8 heteroatoms. The van der Waals surface area contributed by atoms with Crippen LogP contribution in [0, 0.1) is 0 Å². The molecule has 1 aromatic carbocycles. The second-order valence-electron chi connectivity index (χ2n) is 7.39. The Hall–Kier alpha value is -2.77. The van der Waals surface area contributed by atoms with Crippen molar-refractivity contribution in [2.45, 2.75) is 46.3 Å². The van der Waals surface area contributed by atoms with Gasteiger partial charge in [-0.05, 0) is 52.0 Å². The first-order valence-electron chi connectivity index (χ1n) is 9.35. The average Bonchev–Trinajstić information content (AvgIpc) is 3.24. The number of nitrogens with one attached hydrogen (secondary N) is 1. The van der Waals surface area contributed by atoms with E-state index < -0.39 is 11.8 Å². The predicted molar refractivity (Wildman–Crippen MR) is 112 cm³/mol. The number of hydrogen-bond acceptors (Lipinski definition) is 5. The van der Waals surface area contributed by atoms with E-state index in [1.165, 1.54) is 0 Å². The van der Waals surface area contributed by atoms with E-state index in [0.717, 1.165) is 0 Å². The highest BCUT2D eigenvalue weighted by atomic mass is 35.5. The second-order valence-corrected chi connectivity index (χ2v) is 7.83. The molecule has 0 spiro atoms. The summed E-state index contributed by atoms with van der Waals surface area (Å²) in [5.74, 6) is -0.634. The number of carbonyl (C=O) groups excluding carboxylic acids is 2. The Morgan fingerprint density at radius 2 is 1.79 bits per heavy atom. The monoisotopic (exact) mass is 417 g/mol. The number of nitrogens with zero attached hydrogens (tertiary/aromatic N) is 1. The lowest BCUT2D eigenvalue weighted by molar-refractivity contribution is 0.0977. The van der Waals surface area contributed by atoms with Gasteiger partial charge in [-0.15, -0.1) is 0 Å². The third kappa shape index (κ3) is 4.46. The molecule has 2 heterocycles. The van der Waals surface area contributed by atoms with Crippen molar-refractivity contribution in [1.82, 2.24) is 4.90 Å². The first kappa shape index (κ1) is 21.0. The maximum absolute atomic E-state index is 12.7. The summed E-state index contributed by atoms with van der Waals surface area (Å²) in [6.07, 6.45) is 0. The van der Waals surface area contributed by atoms with Crippen molar-refractivity contribution in [3.8, 4) is 0 Å². The van der Waals surface area contributed by atoms with E-state index in [0.29, 0.717) is 40.4 Å². The van der Waals surface area contributed by atoms with Gasteiger partial charge in [-0.2, -0.15) is 0 Å². The van der Waals surface area contributed by atoms with Gasteiger partial charge in [0.15, 0.2) is 5.76 Å². The lowest BCUT2D eigenvalue weighted by atomic mass is 10.2. The largest absolute Gasteiger partial charge is 0.455 e. The van der Waals surface area contributed by atoms with Gasteiger partial charge in [-0.3, -0.25) is 14.5 Å². The minimum Gasteiger partial charge on any atom is -0.455 e. The average molecular weight is 418 g/mol. The van der Waals surface area contributed by atoms with Crippen LogP contribution in [0.25, 0.3) is 11.0 Å². The molecule has 2 amide bonds. The molecule has 0 aliphatic rings. The minimum absolute atomic E-state index is 0.131. The van der Waals surface area contributed by atoms with Gasteiger partial charge in [-0.25, -0.2) is 0 Å². The third-order valence-electron chi connectivity index (χ3n) is 4.66. The molecular weight excluding hydrogens is 394 g/mol. The summed E-state index contributed by atoms with van der Waals surface area (Å²) in [4.78, 5) is 26.7. The summed E-state index contributed by atoms with van der Waals surface area (Å²) in [6.45, 7) is 9.02. The maximum Gasteiger partial charge on any atom is 0.291 e. The highest BCUT2D eigenvalue weighted by molar-refractivity contribution is 6.31. The molecule has 7 nitrogen and oxygen atoms in total. The Bertz CT molecular complexity index is 1040. The zero-order valence-corrected chi connectivity index (χ0v) is 17.5. The molecule has 0 atom stereocenters. The molecule has 0 fully saturated rings. The van der Waals surface area contributed by atoms with Crippen molar-refractivity contribution >= 4 is 40.1 Å². The molecule has 0 aliphatic carbocycles. The zero-order chi connectivity index (χ0) is 21.3. The number of primary amides is 1. The first-order valence-corrected chi connectivity index (χ1v) is 9.72. The molecule has 0 bridgehead atoms. The number of hydrogen-bond donors (Lipinski definition) is 2. The van der Waals surface area contributed by atoms with Crippen LogP contribution in [-0.4, -0.2) is 28.8 Å². The van der Waals surface area contributed by atoms with E-state index >= 15 is 0 Å².